The Labute approximate surface area is 186 Å². The van der Waals surface area contributed by atoms with Crippen LogP contribution in [-0.2, 0) is 11.2 Å². The van der Waals surface area contributed by atoms with Crippen molar-refractivity contribution in [3.05, 3.63) is 29.8 Å². The Balaban J connectivity index is 0.00000280. The van der Waals surface area contributed by atoms with Crippen LogP contribution in [0.3, 0.4) is 0 Å². The minimum atomic E-state index is 0. The predicted molar refractivity (Wildman–Crippen MR) is 127 cm³/mol. The van der Waals surface area contributed by atoms with E-state index in [-0.39, 0.29) is 36.4 Å². The van der Waals surface area contributed by atoms with Gasteiger partial charge < -0.3 is 20.4 Å². The molecule has 1 fully saturated rings. The second-order valence-corrected chi connectivity index (χ2v) is 7.38. The molecule has 2 aliphatic rings. The Hall–Kier alpha value is -1.35. The number of halogens is 1. The number of benzene rings is 1. The zero-order valence-corrected chi connectivity index (χ0v) is 19.4. The van der Waals surface area contributed by atoms with Crippen molar-refractivity contribution >= 4 is 41.5 Å². The van der Waals surface area contributed by atoms with Crippen LogP contribution >= 0.6 is 24.0 Å². The van der Waals surface area contributed by atoms with Crippen LogP contribution in [0.25, 0.3) is 0 Å². The summed E-state index contributed by atoms with van der Waals surface area (Å²) in [6, 6.07) is 8.58. The standard InChI is InChI=1S/C21H33N5O.HI/c1-3-12-25-13-10-18(11-14-25)24-21(22-4-2)23-16-20(27)26-15-9-17-7-5-6-8-19(17)26;/h5-8,18H,3-4,9-16H2,1-2H3,(H2,22,23,24);1H. The number of rotatable bonds is 6. The minimum Gasteiger partial charge on any atom is -0.357 e. The molecule has 156 valence electrons. The third kappa shape index (κ3) is 6.07. The van der Waals surface area contributed by atoms with Crippen molar-refractivity contribution in [3.63, 3.8) is 0 Å². The van der Waals surface area contributed by atoms with E-state index in [0.717, 1.165) is 57.1 Å². The number of carbonyl (C=O) groups excluding carboxylic acids is 1. The summed E-state index contributed by atoms with van der Waals surface area (Å²) in [6.07, 6.45) is 4.39. The Morgan fingerprint density at radius 2 is 1.93 bits per heavy atom. The predicted octanol–water partition coefficient (Wildman–Crippen LogP) is 2.62. The number of amides is 1. The molecule has 0 bridgehead atoms. The average Bonchev–Trinajstić information content (AvgIpc) is 3.12. The van der Waals surface area contributed by atoms with Crippen molar-refractivity contribution in [1.29, 1.82) is 0 Å². The molecule has 2 N–H and O–H groups in total. The summed E-state index contributed by atoms with van der Waals surface area (Å²) in [7, 11) is 0. The summed E-state index contributed by atoms with van der Waals surface area (Å²) < 4.78 is 0. The zero-order chi connectivity index (χ0) is 19.1. The molecule has 28 heavy (non-hydrogen) atoms. The molecule has 2 aliphatic heterocycles. The van der Waals surface area contributed by atoms with Crippen molar-refractivity contribution < 1.29 is 4.79 Å². The molecule has 0 spiro atoms. The Morgan fingerprint density at radius 3 is 2.64 bits per heavy atom. The number of aliphatic imine (C=N–C) groups is 1. The highest BCUT2D eigenvalue weighted by Crippen LogP contribution is 2.27. The number of hydrogen-bond acceptors (Lipinski definition) is 3. The molecule has 1 saturated heterocycles. The van der Waals surface area contributed by atoms with Crippen molar-refractivity contribution in [2.75, 3.05) is 44.2 Å². The summed E-state index contributed by atoms with van der Waals surface area (Å²) in [5.41, 5.74) is 2.29. The Kier molecular flexibility index (Phi) is 9.50. The SMILES string of the molecule is CCCN1CCC(NC(=NCC(=O)N2CCc3ccccc32)NCC)CC1.I. The molecule has 0 unspecified atom stereocenters. The van der Waals surface area contributed by atoms with E-state index in [1.54, 1.807) is 0 Å². The molecule has 6 nitrogen and oxygen atoms in total. The van der Waals surface area contributed by atoms with Gasteiger partial charge in [-0.05, 0) is 50.8 Å². The Bertz CT molecular complexity index is 658. The van der Waals surface area contributed by atoms with Crippen molar-refractivity contribution in [2.45, 2.75) is 45.6 Å². The number of nitrogens with one attached hydrogen (secondary N) is 2. The van der Waals surface area contributed by atoms with Gasteiger partial charge in [0.25, 0.3) is 0 Å². The lowest BCUT2D eigenvalue weighted by molar-refractivity contribution is -0.117. The van der Waals surface area contributed by atoms with E-state index in [4.69, 9.17) is 0 Å². The largest absolute Gasteiger partial charge is 0.357 e. The van der Waals surface area contributed by atoms with Crippen molar-refractivity contribution in [3.8, 4) is 0 Å². The molecule has 1 aromatic carbocycles. The summed E-state index contributed by atoms with van der Waals surface area (Å²) >= 11 is 0. The number of fused-ring (bicyclic) bond motifs is 1. The van der Waals surface area contributed by atoms with Crippen LogP contribution in [0.2, 0.25) is 0 Å². The molecule has 7 heteroatoms. The monoisotopic (exact) mass is 499 g/mol. The van der Waals surface area contributed by atoms with E-state index < -0.39 is 0 Å². The van der Waals surface area contributed by atoms with E-state index in [0.29, 0.717) is 6.04 Å². The lowest BCUT2D eigenvalue weighted by Gasteiger charge is -2.32. The molecule has 1 aromatic rings. The van der Waals surface area contributed by atoms with E-state index >= 15 is 0 Å². The maximum Gasteiger partial charge on any atom is 0.248 e. The molecule has 0 atom stereocenters. The highest BCUT2D eigenvalue weighted by atomic mass is 127. The fourth-order valence-corrected chi connectivity index (χ4v) is 3.96. The molecule has 0 aliphatic carbocycles. The molecular weight excluding hydrogens is 465 g/mol. The zero-order valence-electron chi connectivity index (χ0n) is 17.1. The number of hydrogen-bond donors (Lipinski definition) is 2. The van der Waals surface area contributed by atoms with Gasteiger partial charge in [-0.15, -0.1) is 24.0 Å². The second-order valence-electron chi connectivity index (χ2n) is 7.38. The van der Waals surface area contributed by atoms with Crippen LogP contribution in [0.5, 0.6) is 0 Å². The van der Waals surface area contributed by atoms with Crippen LogP contribution in [0.4, 0.5) is 5.69 Å². The van der Waals surface area contributed by atoms with Gasteiger partial charge in [0.15, 0.2) is 5.96 Å². The van der Waals surface area contributed by atoms with E-state index in [1.807, 2.05) is 23.1 Å². The first-order valence-electron chi connectivity index (χ1n) is 10.4. The first-order chi connectivity index (χ1) is 13.2. The van der Waals surface area contributed by atoms with Gasteiger partial charge in [-0.3, -0.25) is 4.79 Å². The van der Waals surface area contributed by atoms with Gasteiger partial charge in [0.05, 0.1) is 0 Å². The fourth-order valence-electron chi connectivity index (χ4n) is 3.96. The summed E-state index contributed by atoms with van der Waals surface area (Å²) in [5, 5.41) is 6.81. The highest BCUT2D eigenvalue weighted by molar-refractivity contribution is 14.0. The van der Waals surface area contributed by atoms with Gasteiger partial charge in [0, 0.05) is 37.9 Å². The molecule has 0 saturated carbocycles. The number of nitrogens with zero attached hydrogens (tertiary/aromatic N) is 3. The summed E-state index contributed by atoms with van der Waals surface area (Å²) in [6.45, 7) is 9.47. The Morgan fingerprint density at radius 1 is 1.18 bits per heavy atom. The summed E-state index contributed by atoms with van der Waals surface area (Å²) in [4.78, 5) is 21.6. The molecule has 0 radical (unpaired) electrons. The average molecular weight is 499 g/mol. The van der Waals surface area contributed by atoms with Crippen LogP contribution in [0, 0.1) is 0 Å². The molecule has 2 heterocycles. The summed E-state index contributed by atoms with van der Waals surface area (Å²) in [5.74, 6) is 0.821. The number of guanidine groups is 1. The number of para-hydroxylation sites is 1. The smallest absolute Gasteiger partial charge is 0.248 e. The number of anilines is 1. The first-order valence-corrected chi connectivity index (χ1v) is 10.4. The highest BCUT2D eigenvalue weighted by Gasteiger charge is 2.24. The van der Waals surface area contributed by atoms with Gasteiger partial charge in [-0.25, -0.2) is 4.99 Å². The lowest BCUT2D eigenvalue weighted by atomic mass is 10.1. The normalized spacial score (nSPS) is 17.8. The van der Waals surface area contributed by atoms with Gasteiger partial charge in [0.1, 0.15) is 6.54 Å². The molecule has 3 rings (SSSR count). The van der Waals surface area contributed by atoms with Crippen LogP contribution in [-0.4, -0.2) is 62.1 Å². The minimum absolute atomic E-state index is 0. The van der Waals surface area contributed by atoms with Gasteiger partial charge in [0.2, 0.25) is 5.91 Å². The number of piperidine rings is 1. The van der Waals surface area contributed by atoms with Crippen LogP contribution in [0.15, 0.2) is 29.3 Å². The first kappa shape index (κ1) is 22.9. The van der Waals surface area contributed by atoms with Crippen LogP contribution < -0.4 is 15.5 Å². The third-order valence-electron chi connectivity index (χ3n) is 5.37. The quantitative estimate of drug-likeness (QED) is 0.359. The third-order valence-corrected chi connectivity index (χ3v) is 5.37. The maximum absolute atomic E-state index is 12.7. The van der Waals surface area contributed by atoms with Crippen molar-refractivity contribution in [1.82, 2.24) is 15.5 Å². The maximum atomic E-state index is 12.7. The van der Waals surface area contributed by atoms with Crippen LogP contribution in [0.1, 0.15) is 38.7 Å². The van der Waals surface area contributed by atoms with Crippen molar-refractivity contribution in [2.24, 2.45) is 4.99 Å². The van der Waals surface area contributed by atoms with Gasteiger partial charge in [-0.1, -0.05) is 25.1 Å². The lowest BCUT2D eigenvalue weighted by Crippen LogP contribution is -2.49. The van der Waals surface area contributed by atoms with E-state index in [9.17, 15) is 4.79 Å². The van der Waals surface area contributed by atoms with Gasteiger partial charge >= 0.3 is 0 Å². The van der Waals surface area contributed by atoms with E-state index in [2.05, 4.69) is 40.4 Å². The number of carbonyl (C=O) groups is 1. The topological polar surface area (TPSA) is 60.0 Å². The molecule has 1 amide bonds. The molecule has 0 aromatic heterocycles. The number of likely N-dealkylation sites (tertiary alicyclic amines) is 1. The fraction of sp³-hybridized carbons (Fsp3) is 0.619. The molecular formula is C21H34IN5O. The second kappa shape index (κ2) is 11.6. The van der Waals surface area contributed by atoms with E-state index in [1.165, 1.54) is 18.5 Å². The van der Waals surface area contributed by atoms with Gasteiger partial charge in [-0.2, -0.15) is 0 Å².